The minimum atomic E-state index is -2.04. The molecule has 0 amide bonds. The van der Waals surface area contributed by atoms with Crippen LogP contribution in [-0.2, 0) is 14.1 Å². The van der Waals surface area contributed by atoms with Crippen LogP contribution in [0.1, 0.15) is 48.5 Å². The summed E-state index contributed by atoms with van der Waals surface area (Å²) >= 11 is 0. The Morgan fingerprint density at radius 2 is 1.62 bits per heavy atom. The van der Waals surface area contributed by atoms with E-state index in [4.69, 9.17) is 4.74 Å². The van der Waals surface area contributed by atoms with Gasteiger partial charge in [0, 0.05) is 5.16 Å². The van der Waals surface area contributed by atoms with Gasteiger partial charge in [-0.2, -0.15) is 0 Å². The molecule has 0 aliphatic carbocycles. The molecule has 0 bridgehead atoms. The summed E-state index contributed by atoms with van der Waals surface area (Å²) in [6.07, 6.45) is -0.162. The van der Waals surface area contributed by atoms with Crippen LogP contribution in [0.4, 0.5) is 0 Å². The molecule has 0 heterocycles. The number of carbonyl (C=O) groups excluding carboxylic acids is 1. The van der Waals surface area contributed by atoms with Gasteiger partial charge in [0.05, 0.1) is 6.10 Å². The van der Waals surface area contributed by atoms with Crippen LogP contribution in [0.3, 0.4) is 0 Å². The Morgan fingerprint density at radius 3 is 1.94 bits per heavy atom. The smallest absolute Gasteiger partial charge is 0.326 e. The summed E-state index contributed by atoms with van der Waals surface area (Å²) in [7, 11) is -2.04. The molecule has 0 aromatic rings. The first kappa shape index (κ1) is 15.7. The predicted molar refractivity (Wildman–Crippen MR) is 67.2 cm³/mol. The highest BCUT2D eigenvalue weighted by Crippen LogP contribution is 2.36. The average molecular weight is 249 g/mol. The summed E-state index contributed by atoms with van der Waals surface area (Å²) in [5.74, 6) is -0.370. The van der Waals surface area contributed by atoms with Crippen molar-refractivity contribution >= 4 is 13.9 Å². The summed E-state index contributed by atoms with van der Waals surface area (Å²) in [5.41, 5.74) is -0.909. The van der Waals surface area contributed by atoms with E-state index in [1.54, 1.807) is 27.7 Å². The van der Waals surface area contributed by atoms with E-state index in [2.05, 4.69) is 5.09 Å². The Labute approximate surface area is 99.0 Å². The van der Waals surface area contributed by atoms with Gasteiger partial charge in [0.15, 0.2) is 0 Å². The summed E-state index contributed by atoms with van der Waals surface area (Å²) in [4.78, 5) is 11.7. The van der Waals surface area contributed by atoms with E-state index in [0.29, 0.717) is 0 Å². The monoisotopic (exact) mass is 249 g/mol. The number of rotatable bonds is 4. The van der Waals surface area contributed by atoms with Crippen molar-refractivity contribution in [3.8, 4) is 0 Å². The van der Waals surface area contributed by atoms with Crippen molar-refractivity contribution in [3.05, 3.63) is 0 Å². The van der Waals surface area contributed by atoms with Gasteiger partial charge in [0.25, 0.3) is 0 Å². The number of hydrogen-bond donors (Lipinski definition) is 1. The molecule has 0 spiro atoms. The number of carbonyl (C=O) groups is 1. The highest BCUT2D eigenvalue weighted by atomic mass is 31.1. The Hall–Kier alpha value is -0.340. The van der Waals surface area contributed by atoms with E-state index in [1.165, 1.54) is 0 Å². The maximum Gasteiger partial charge on any atom is 0.326 e. The van der Waals surface area contributed by atoms with Crippen LogP contribution in [-0.4, -0.2) is 22.8 Å². The summed E-state index contributed by atoms with van der Waals surface area (Å²) < 4.78 is 17.0. The lowest BCUT2D eigenvalue weighted by atomic mass is 10.1. The third kappa shape index (κ3) is 5.13. The lowest BCUT2D eigenvalue weighted by molar-refractivity contribution is -0.153. The fourth-order valence-corrected chi connectivity index (χ4v) is 1.93. The van der Waals surface area contributed by atoms with Crippen molar-refractivity contribution in [2.24, 2.45) is 0 Å². The number of ether oxygens (including phenoxy) is 1. The van der Waals surface area contributed by atoms with Crippen LogP contribution in [0.15, 0.2) is 0 Å². The Bertz CT molecular complexity index is 279. The van der Waals surface area contributed by atoms with Gasteiger partial charge >= 0.3 is 5.97 Å². The standard InChI is InChI=1S/C11H24NO3P/c1-8(2)15-9(13)11(6,7)12-16(14)10(3,4)5/h8,16H,1-7H3,(H,12,14). The van der Waals surface area contributed by atoms with E-state index in [1.807, 2.05) is 20.8 Å². The first-order valence-electron chi connectivity index (χ1n) is 5.50. The predicted octanol–water partition coefficient (Wildman–Crippen LogP) is 2.58. The molecule has 0 rings (SSSR count). The first-order chi connectivity index (χ1) is 6.97. The summed E-state index contributed by atoms with van der Waals surface area (Å²) in [6.45, 7) is 12.6. The molecule has 0 aromatic carbocycles. The van der Waals surface area contributed by atoms with Crippen LogP contribution in [0.25, 0.3) is 0 Å². The topological polar surface area (TPSA) is 55.4 Å². The second-order valence-corrected chi connectivity index (χ2v) is 8.19. The second kappa shape index (κ2) is 5.33. The van der Waals surface area contributed by atoms with E-state index < -0.39 is 13.5 Å². The number of nitrogens with one attached hydrogen (secondary N) is 1. The molecule has 1 N–H and O–H groups in total. The molecular weight excluding hydrogens is 225 g/mol. The van der Waals surface area contributed by atoms with E-state index in [0.717, 1.165) is 0 Å². The van der Waals surface area contributed by atoms with Crippen LogP contribution in [0, 0.1) is 0 Å². The first-order valence-corrected chi connectivity index (χ1v) is 6.91. The number of hydrogen-bond acceptors (Lipinski definition) is 3. The van der Waals surface area contributed by atoms with Gasteiger partial charge in [0.1, 0.15) is 13.5 Å². The maximum atomic E-state index is 11.9. The van der Waals surface area contributed by atoms with Crippen molar-refractivity contribution in [1.29, 1.82) is 0 Å². The zero-order valence-corrected chi connectivity index (χ0v) is 12.3. The van der Waals surface area contributed by atoms with Gasteiger partial charge in [-0.1, -0.05) is 20.8 Å². The molecule has 0 aromatic heterocycles. The average Bonchev–Trinajstić information content (AvgIpc) is 1.99. The van der Waals surface area contributed by atoms with Gasteiger partial charge in [-0.25, -0.2) is 0 Å². The molecule has 5 heteroatoms. The zero-order chi connectivity index (χ0) is 13.1. The van der Waals surface area contributed by atoms with Crippen LogP contribution in [0.2, 0.25) is 0 Å². The van der Waals surface area contributed by atoms with Crippen molar-refractivity contribution < 1.29 is 14.1 Å². The van der Waals surface area contributed by atoms with Crippen molar-refractivity contribution in [1.82, 2.24) is 5.09 Å². The molecular formula is C11H24NO3P. The molecule has 96 valence electrons. The van der Waals surface area contributed by atoms with Gasteiger partial charge < -0.3 is 9.30 Å². The van der Waals surface area contributed by atoms with Crippen molar-refractivity contribution in [3.63, 3.8) is 0 Å². The Morgan fingerprint density at radius 1 is 1.19 bits per heavy atom. The highest BCUT2D eigenvalue weighted by molar-refractivity contribution is 7.44. The fraction of sp³-hybridized carbons (Fsp3) is 0.909. The molecule has 0 fully saturated rings. The molecule has 0 radical (unpaired) electrons. The lowest BCUT2D eigenvalue weighted by Crippen LogP contribution is -2.46. The maximum absolute atomic E-state index is 11.9. The van der Waals surface area contributed by atoms with Gasteiger partial charge in [0.2, 0.25) is 0 Å². The Balaban J connectivity index is 4.57. The fourth-order valence-electron chi connectivity index (χ4n) is 0.884. The molecule has 16 heavy (non-hydrogen) atoms. The van der Waals surface area contributed by atoms with Crippen molar-refractivity contribution in [2.75, 3.05) is 0 Å². The third-order valence-electron chi connectivity index (χ3n) is 1.96. The van der Waals surface area contributed by atoms with Gasteiger partial charge in [-0.05, 0) is 27.7 Å². The normalized spacial score (nSPS) is 15.0. The number of esters is 1. The molecule has 0 aliphatic rings. The lowest BCUT2D eigenvalue weighted by Gasteiger charge is -2.29. The van der Waals surface area contributed by atoms with Crippen molar-refractivity contribution in [2.45, 2.75) is 65.3 Å². The molecule has 0 saturated carbocycles. The third-order valence-corrected chi connectivity index (χ3v) is 4.17. The molecule has 1 unspecified atom stereocenters. The van der Waals surface area contributed by atoms with Crippen LogP contribution in [0.5, 0.6) is 0 Å². The summed E-state index contributed by atoms with van der Waals surface area (Å²) in [5, 5.41) is 2.54. The van der Waals surface area contributed by atoms with Crippen LogP contribution < -0.4 is 5.09 Å². The SMILES string of the molecule is CC(C)OC(=O)C(C)(C)N[PH](=O)C(C)(C)C. The van der Waals surface area contributed by atoms with E-state index >= 15 is 0 Å². The van der Waals surface area contributed by atoms with E-state index in [9.17, 15) is 9.36 Å². The second-order valence-electron chi connectivity index (χ2n) is 5.78. The van der Waals surface area contributed by atoms with Gasteiger partial charge in [-0.3, -0.25) is 9.88 Å². The molecule has 0 aliphatic heterocycles. The molecule has 4 nitrogen and oxygen atoms in total. The van der Waals surface area contributed by atoms with Crippen LogP contribution >= 0.6 is 7.95 Å². The van der Waals surface area contributed by atoms with E-state index in [-0.39, 0.29) is 17.2 Å². The Kier molecular flexibility index (Phi) is 5.21. The molecule has 1 atom stereocenters. The highest BCUT2D eigenvalue weighted by Gasteiger charge is 2.34. The molecule has 0 saturated heterocycles. The van der Waals surface area contributed by atoms with Gasteiger partial charge in [-0.15, -0.1) is 0 Å². The zero-order valence-electron chi connectivity index (χ0n) is 11.3. The summed E-state index contributed by atoms with van der Waals surface area (Å²) in [6, 6.07) is 0. The minimum absolute atomic E-state index is 0.162. The largest absolute Gasteiger partial charge is 0.462 e. The minimum Gasteiger partial charge on any atom is -0.462 e. The quantitative estimate of drug-likeness (QED) is 0.614.